The van der Waals surface area contributed by atoms with Gasteiger partial charge >= 0.3 is 0 Å². The number of nitrogens with zero attached hydrogens (tertiary/aromatic N) is 4. The average molecular weight is 258 g/mol. The van der Waals surface area contributed by atoms with Gasteiger partial charge in [-0.05, 0) is 36.4 Å². The molecule has 0 saturated carbocycles. The Morgan fingerprint density at radius 1 is 0.650 bits per heavy atom. The van der Waals surface area contributed by atoms with Crippen LogP contribution < -0.4 is 0 Å². The zero-order chi connectivity index (χ0) is 13.4. The first-order chi connectivity index (χ1) is 9.90. The van der Waals surface area contributed by atoms with Crippen LogP contribution in [0.3, 0.4) is 0 Å². The molecule has 0 radical (unpaired) electrons. The highest BCUT2D eigenvalue weighted by Crippen LogP contribution is 2.23. The summed E-state index contributed by atoms with van der Waals surface area (Å²) in [5.74, 6) is 0. The third-order valence-electron chi connectivity index (χ3n) is 3.24. The smallest absolute Gasteiger partial charge is 0.159 e. The maximum Gasteiger partial charge on any atom is 0.159 e. The molecule has 0 spiro atoms. The summed E-state index contributed by atoms with van der Waals surface area (Å²) < 4.78 is 0. The molecule has 4 rings (SSSR count). The number of pyridine rings is 4. The van der Waals surface area contributed by atoms with Crippen molar-refractivity contribution in [1.82, 2.24) is 19.9 Å². The molecule has 0 aromatic carbocycles. The van der Waals surface area contributed by atoms with Crippen LogP contribution in [0.2, 0.25) is 0 Å². The van der Waals surface area contributed by atoms with Gasteiger partial charge in [0.15, 0.2) is 5.65 Å². The highest BCUT2D eigenvalue weighted by molar-refractivity contribution is 5.84. The quantitative estimate of drug-likeness (QED) is 0.526. The van der Waals surface area contributed by atoms with Gasteiger partial charge in [0.1, 0.15) is 0 Å². The Labute approximate surface area is 115 Å². The molecule has 20 heavy (non-hydrogen) atoms. The molecule has 4 aromatic rings. The Morgan fingerprint density at radius 2 is 1.45 bits per heavy atom. The minimum atomic E-state index is 0.753. The maximum atomic E-state index is 4.43. The molecule has 0 amide bonds. The van der Waals surface area contributed by atoms with Crippen LogP contribution in [-0.4, -0.2) is 19.9 Å². The van der Waals surface area contributed by atoms with Gasteiger partial charge in [0, 0.05) is 41.3 Å². The number of fused-ring (bicyclic) bond motifs is 2. The molecule has 0 aliphatic rings. The van der Waals surface area contributed by atoms with Crippen LogP contribution in [0.4, 0.5) is 0 Å². The van der Waals surface area contributed by atoms with Crippen molar-refractivity contribution < 1.29 is 0 Å². The molecule has 0 unspecified atom stereocenters. The summed E-state index contributed by atoms with van der Waals surface area (Å²) in [6, 6.07) is 11.9. The summed E-state index contributed by atoms with van der Waals surface area (Å²) in [7, 11) is 0. The second-order valence-corrected chi connectivity index (χ2v) is 4.54. The van der Waals surface area contributed by atoms with Crippen LogP contribution in [-0.2, 0) is 0 Å². The number of rotatable bonds is 1. The molecule has 0 fully saturated rings. The summed E-state index contributed by atoms with van der Waals surface area (Å²) in [5, 5.41) is 1.02. The lowest BCUT2D eigenvalue weighted by Crippen LogP contribution is -1.88. The van der Waals surface area contributed by atoms with Crippen molar-refractivity contribution in [3.8, 4) is 11.1 Å². The Hall–Kier alpha value is -2.88. The molecule has 4 aromatic heterocycles. The lowest BCUT2D eigenvalue weighted by molar-refractivity contribution is 1.28. The first kappa shape index (κ1) is 11.0. The van der Waals surface area contributed by atoms with E-state index in [0.29, 0.717) is 0 Å². The van der Waals surface area contributed by atoms with E-state index in [0.717, 1.165) is 33.2 Å². The molecular formula is C16H10N4. The van der Waals surface area contributed by atoms with Crippen LogP contribution >= 0.6 is 0 Å². The first-order valence-electron chi connectivity index (χ1n) is 6.32. The predicted octanol–water partition coefficient (Wildman–Crippen LogP) is 3.24. The molecular weight excluding hydrogens is 248 g/mol. The number of aromatic nitrogens is 4. The van der Waals surface area contributed by atoms with Crippen LogP contribution in [0.1, 0.15) is 0 Å². The van der Waals surface area contributed by atoms with E-state index in [9.17, 15) is 0 Å². The van der Waals surface area contributed by atoms with E-state index in [1.165, 1.54) is 0 Å². The highest BCUT2D eigenvalue weighted by atomic mass is 14.8. The van der Waals surface area contributed by atoms with Crippen molar-refractivity contribution in [2.45, 2.75) is 0 Å². The van der Waals surface area contributed by atoms with E-state index in [-0.39, 0.29) is 0 Å². The number of hydrogen-bond acceptors (Lipinski definition) is 4. The van der Waals surface area contributed by atoms with E-state index in [1.807, 2.05) is 42.7 Å². The van der Waals surface area contributed by atoms with Gasteiger partial charge < -0.3 is 0 Å². The standard InChI is InChI=1S/C16H10N4/c1-3-11-7-12(10-20-16(11)18-6-1)13-8-15-14(19-9-13)4-2-5-17-15/h1-10H. The molecule has 0 bridgehead atoms. The van der Waals surface area contributed by atoms with Crippen LogP contribution in [0.15, 0.2) is 61.2 Å². The molecule has 0 saturated heterocycles. The van der Waals surface area contributed by atoms with E-state index >= 15 is 0 Å². The first-order valence-corrected chi connectivity index (χ1v) is 6.32. The van der Waals surface area contributed by atoms with Crippen molar-refractivity contribution >= 4 is 22.1 Å². The van der Waals surface area contributed by atoms with Crippen LogP contribution in [0.25, 0.3) is 33.2 Å². The monoisotopic (exact) mass is 258 g/mol. The van der Waals surface area contributed by atoms with Gasteiger partial charge in [-0.2, -0.15) is 0 Å². The summed E-state index contributed by atoms with van der Waals surface area (Å²) in [5.41, 5.74) is 4.56. The lowest BCUT2D eigenvalue weighted by Gasteiger charge is -2.04. The average Bonchev–Trinajstić information content (AvgIpc) is 2.54. The third kappa shape index (κ3) is 1.78. The Bertz CT molecular complexity index is 841. The van der Waals surface area contributed by atoms with Crippen molar-refractivity contribution in [1.29, 1.82) is 0 Å². The van der Waals surface area contributed by atoms with Crippen molar-refractivity contribution in [3.63, 3.8) is 0 Å². The minimum Gasteiger partial charge on any atom is -0.255 e. The fraction of sp³-hybridized carbons (Fsp3) is 0. The summed E-state index contributed by atoms with van der Waals surface area (Å²) in [4.78, 5) is 17.4. The lowest BCUT2D eigenvalue weighted by atomic mass is 10.1. The zero-order valence-electron chi connectivity index (χ0n) is 10.6. The van der Waals surface area contributed by atoms with E-state index < -0.39 is 0 Å². The van der Waals surface area contributed by atoms with Gasteiger partial charge in [-0.25, -0.2) is 9.97 Å². The van der Waals surface area contributed by atoms with Crippen molar-refractivity contribution in [3.05, 3.63) is 61.2 Å². The molecule has 4 heteroatoms. The highest BCUT2D eigenvalue weighted by Gasteiger charge is 2.03. The maximum absolute atomic E-state index is 4.43. The zero-order valence-corrected chi connectivity index (χ0v) is 10.6. The molecule has 0 aliphatic carbocycles. The minimum absolute atomic E-state index is 0.753. The second-order valence-electron chi connectivity index (χ2n) is 4.54. The second kappa shape index (κ2) is 4.35. The summed E-state index contributed by atoms with van der Waals surface area (Å²) in [6.45, 7) is 0. The van der Waals surface area contributed by atoms with E-state index in [1.54, 1.807) is 12.4 Å². The molecule has 0 N–H and O–H groups in total. The molecule has 0 atom stereocenters. The molecule has 94 valence electrons. The van der Waals surface area contributed by atoms with E-state index in [4.69, 9.17) is 0 Å². The fourth-order valence-corrected chi connectivity index (χ4v) is 2.23. The molecule has 4 nitrogen and oxygen atoms in total. The number of hydrogen-bond donors (Lipinski definition) is 0. The molecule has 0 aliphatic heterocycles. The van der Waals surface area contributed by atoms with Gasteiger partial charge in [0.25, 0.3) is 0 Å². The third-order valence-corrected chi connectivity index (χ3v) is 3.24. The van der Waals surface area contributed by atoms with Gasteiger partial charge in [-0.3, -0.25) is 9.97 Å². The Morgan fingerprint density at radius 3 is 2.45 bits per heavy atom. The van der Waals surface area contributed by atoms with Crippen molar-refractivity contribution in [2.24, 2.45) is 0 Å². The van der Waals surface area contributed by atoms with E-state index in [2.05, 4.69) is 26.0 Å². The molecule has 4 heterocycles. The fourth-order valence-electron chi connectivity index (χ4n) is 2.23. The van der Waals surface area contributed by atoms with Gasteiger partial charge in [-0.15, -0.1) is 0 Å². The topological polar surface area (TPSA) is 51.6 Å². The van der Waals surface area contributed by atoms with Gasteiger partial charge in [-0.1, -0.05) is 0 Å². The summed E-state index contributed by atoms with van der Waals surface area (Å²) in [6.07, 6.45) is 7.19. The summed E-state index contributed by atoms with van der Waals surface area (Å²) >= 11 is 0. The van der Waals surface area contributed by atoms with Crippen LogP contribution in [0.5, 0.6) is 0 Å². The van der Waals surface area contributed by atoms with Gasteiger partial charge in [0.2, 0.25) is 0 Å². The predicted molar refractivity (Wildman–Crippen MR) is 78.1 cm³/mol. The SMILES string of the molecule is c1cnc2ncc(-c3cnc4cccnc4c3)cc2c1. The largest absolute Gasteiger partial charge is 0.255 e. The van der Waals surface area contributed by atoms with Crippen molar-refractivity contribution in [2.75, 3.05) is 0 Å². The van der Waals surface area contributed by atoms with Gasteiger partial charge in [0.05, 0.1) is 11.0 Å². The Balaban J connectivity index is 1.91. The van der Waals surface area contributed by atoms with Crippen LogP contribution in [0, 0.1) is 0 Å². The normalized spacial score (nSPS) is 11.0. The Kier molecular flexibility index (Phi) is 2.39.